The van der Waals surface area contributed by atoms with Gasteiger partial charge < -0.3 is 5.11 Å². The fourth-order valence-corrected chi connectivity index (χ4v) is 4.87. The minimum atomic E-state index is -2.94. The van der Waals surface area contributed by atoms with E-state index < -0.39 is 15.8 Å². The summed E-state index contributed by atoms with van der Waals surface area (Å²) >= 11 is 0. The standard InChI is InChI=1S/C12H21NO4S/c14-12(15)8-13(7-10-3-1-2-4-10)11-5-6-18(16,17)9-11/h10-11H,1-9H2,(H,14,15). The number of rotatable bonds is 5. The largest absolute Gasteiger partial charge is 0.480 e. The molecule has 0 bridgehead atoms. The van der Waals surface area contributed by atoms with Crippen molar-refractivity contribution < 1.29 is 18.3 Å². The Morgan fingerprint density at radius 2 is 1.89 bits per heavy atom. The number of carboxylic acid groups (broad SMARTS) is 1. The van der Waals surface area contributed by atoms with Crippen molar-refractivity contribution in [2.24, 2.45) is 5.92 Å². The molecule has 0 aromatic carbocycles. The first-order valence-corrected chi connectivity index (χ1v) is 8.45. The van der Waals surface area contributed by atoms with E-state index in [1.54, 1.807) is 0 Å². The van der Waals surface area contributed by atoms with E-state index in [0.717, 1.165) is 19.4 Å². The number of aliphatic carboxylic acids is 1. The normalized spacial score (nSPS) is 27.9. The Balaban J connectivity index is 1.98. The van der Waals surface area contributed by atoms with Crippen LogP contribution in [0.25, 0.3) is 0 Å². The lowest BCUT2D eigenvalue weighted by molar-refractivity contribution is -0.139. The van der Waals surface area contributed by atoms with Crippen LogP contribution in [0.4, 0.5) is 0 Å². The van der Waals surface area contributed by atoms with Crippen molar-refractivity contribution in [1.82, 2.24) is 4.90 Å². The van der Waals surface area contributed by atoms with Gasteiger partial charge in [-0.1, -0.05) is 12.8 Å². The summed E-state index contributed by atoms with van der Waals surface area (Å²) < 4.78 is 23.0. The van der Waals surface area contributed by atoms with Crippen LogP contribution in [0.15, 0.2) is 0 Å². The predicted molar refractivity (Wildman–Crippen MR) is 68.2 cm³/mol. The van der Waals surface area contributed by atoms with Crippen LogP contribution in [-0.4, -0.2) is 55.0 Å². The van der Waals surface area contributed by atoms with E-state index in [1.807, 2.05) is 4.90 Å². The summed E-state index contributed by atoms with van der Waals surface area (Å²) in [4.78, 5) is 12.8. The maximum Gasteiger partial charge on any atom is 0.317 e. The van der Waals surface area contributed by atoms with Crippen LogP contribution in [-0.2, 0) is 14.6 Å². The van der Waals surface area contributed by atoms with Gasteiger partial charge in [-0.05, 0) is 25.2 Å². The SMILES string of the molecule is O=C(O)CN(CC1CCCC1)C1CCS(=O)(=O)C1. The molecule has 5 nitrogen and oxygen atoms in total. The van der Waals surface area contributed by atoms with E-state index in [2.05, 4.69) is 0 Å². The van der Waals surface area contributed by atoms with Crippen molar-refractivity contribution >= 4 is 15.8 Å². The van der Waals surface area contributed by atoms with E-state index in [4.69, 9.17) is 5.11 Å². The number of sulfone groups is 1. The van der Waals surface area contributed by atoms with E-state index in [1.165, 1.54) is 12.8 Å². The summed E-state index contributed by atoms with van der Waals surface area (Å²) in [5.41, 5.74) is 0. The van der Waals surface area contributed by atoms with Gasteiger partial charge in [-0.25, -0.2) is 8.42 Å². The summed E-state index contributed by atoms with van der Waals surface area (Å²) in [5.74, 6) is 0.0239. The maximum absolute atomic E-state index is 11.5. The lowest BCUT2D eigenvalue weighted by atomic mass is 10.1. The number of carboxylic acids is 1. The van der Waals surface area contributed by atoms with Gasteiger partial charge in [-0.15, -0.1) is 0 Å². The lowest BCUT2D eigenvalue weighted by Crippen LogP contribution is -2.42. The average Bonchev–Trinajstić information content (AvgIpc) is 2.86. The zero-order valence-corrected chi connectivity index (χ0v) is 11.4. The summed E-state index contributed by atoms with van der Waals surface area (Å²) in [5, 5.41) is 8.96. The Kier molecular flexibility index (Phi) is 4.27. The second-order valence-electron chi connectivity index (χ2n) is 5.53. The highest BCUT2D eigenvalue weighted by Gasteiger charge is 2.34. The van der Waals surface area contributed by atoms with E-state index >= 15 is 0 Å². The zero-order valence-electron chi connectivity index (χ0n) is 10.5. The van der Waals surface area contributed by atoms with Gasteiger partial charge in [0.1, 0.15) is 0 Å². The van der Waals surface area contributed by atoms with Gasteiger partial charge in [0.05, 0.1) is 18.1 Å². The number of hydrogen-bond donors (Lipinski definition) is 1. The molecule has 0 aromatic heterocycles. The van der Waals surface area contributed by atoms with Gasteiger partial charge >= 0.3 is 5.97 Å². The Morgan fingerprint density at radius 3 is 2.39 bits per heavy atom. The Bertz CT molecular complexity index is 400. The Hall–Kier alpha value is -0.620. The summed E-state index contributed by atoms with van der Waals surface area (Å²) in [6.07, 6.45) is 5.32. The van der Waals surface area contributed by atoms with Crippen LogP contribution in [0.2, 0.25) is 0 Å². The second kappa shape index (κ2) is 5.57. The van der Waals surface area contributed by atoms with Crippen LogP contribution in [0.3, 0.4) is 0 Å². The van der Waals surface area contributed by atoms with E-state index in [9.17, 15) is 13.2 Å². The van der Waals surface area contributed by atoms with Crippen LogP contribution in [0, 0.1) is 5.92 Å². The highest BCUT2D eigenvalue weighted by molar-refractivity contribution is 7.91. The Morgan fingerprint density at radius 1 is 1.22 bits per heavy atom. The minimum Gasteiger partial charge on any atom is -0.480 e. The number of carbonyl (C=O) groups is 1. The van der Waals surface area contributed by atoms with Crippen LogP contribution < -0.4 is 0 Å². The van der Waals surface area contributed by atoms with Crippen LogP contribution in [0.1, 0.15) is 32.1 Å². The van der Waals surface area contributed by atoms with Crippen molar-refractivity contribution in [1.29, 1.82) is 0 Å². The third-order valence-electron chi connectivity index (χ3n) is 4.03. The third-order valence-corrected chi connectivity index (χ3v) is 5.78. The first-order chi connectivity index (χ1) is 8.46. The highest BCUT2D eigenvalue weighted by atomic mass is 32.2. The lowest BCUT2D eigenvalue weighted by Gasteiger charge is -2.28. The molecule has 1 N–H and O–H groups in total. The smallest absolute Gasteiger partial charge is 0.317 e. The molecule has 0 aromatic rings. The molecule has 104 valence electrons. The average molecular weight is 275 g/mol. The topological polar surface area (TPSA) is 74.7 Å². The molecular weight excluding hydrogens is 254 g/mol. The molecule has 2 fully saturated rings. The van der Waals surface area contributed by atoms with Gasteiger partial charge in [0.2, 0.25) is 0 Å². The van der Waals surface area contributed by atoms with Crippen molar-refractivity contribution in [2.75, 3.05) is 24.6 Å². The highest BCUT2D eigenvalue weighted by Crippen LogP contribution is 2.27. The molecule has 2 aliphatic rings. The predicted octanol–water partition coefficient (Wildman–Crippen LogP) is 0.750. The molecule has 1 atom stereocenters. The molecule has 1 unspecified atom stereocenters. The van der Waals surface area contributed by atoms with Crippen molar-refractivity contribution in [3.63, 3.8) is 0 Å². The van der Waals surface area contributed by atoms with E-state index in [0.29, 0.717) is 12.3 Å². The zero-order chi connectivity index (χ0) is 13.2. The van der Waals surface area contributed by atoms with Gasteiger partial charge in [-0.2, -0.15) is 0 Å². The van der Waals surface area contributed by atoms with Gasteiger partial charge in [0, 0.05) is 12.6 Å². The van der Waals surface area contributed by atoms with Crippen molar-refractivity contribution in [2.45, 2.75) is 38.1 Å². The fraction of sp³-hybridized carbons (Fsp3) is 0.917. The van der Waals surface area contributed by atoms with Crippen LogP contribution >= 0.6 is 0 Å². The first kappa shape index (κ1) is 13.8. The molecule has 0 amide bonds. The fourth-order valence-electron chi connectivity index (χ4n) is 3.10. The molecule has 18 heavy (non-hydrogen) atoms. The molecule has 1 heterocycles. The number of hydrogen-bond acceptors (Lipinski definition) is 4. The molecule has 1 aliphatic carbocycles. The maximum atomic E-state index is 11.5. The van der Waals surface area contributed by atoms with Crippen LogP contribution in [0.5, 0.6) is 0 Å². The first-order valence-electron chi connectivity index (χ1n) is 6.62. The van der Waals surface area contributed by atoms with Gasteiger partial charge in [0.25, 0.3) is 0 Å². The molecule has 1 saturated carbocycles. The molecule has 0 spiro atoms. The molecule has 1 saturated heterocycles. The second-order valence-corrected chi connectivity index (χ2v) is 7.76. The van der Waals surface area contributed by atoms with E-state index in [-0.39, 0.29) is 24.1 Å². The monoisotopic (exact) mass is 275 g/mol. The molecule has 2 rings (SSSR count). The van der Waals surface area contributed by atoms with Gasteiger partial charge in [-0.3, -0.25) is 9.69 Å². The molecule has 0 radical (unpaired) electrons. The molecule has 6 heteroatoms. The van der Waals surface area contributed by atoms with Crippen molar-refractivity contribution in [3.8, 4) is 0 Å². The third kappa shape index (κ3) is 3.68. The summed E-state index contributed by atoms with van der Waals surface area (Å²) in [6.45, 7) is 0.711. The summed E-state index contributed by atoms with van der Waals surface area (Å²) in [7, 11) is -2.94. The van der Waals surface area contributed by atoms with Gasteiger partial charge in [0.15, 0.2) is 9.84 Å². The quantitative estimate of drug-likeness (QED) is 0.801. The van der Waals surface area contributed by atoms with Crippen molar-refractivity contribution in [3.05, 3.63) is 0 Å². The summed E-state index contributed by atoms with van der Waals surface area (Å²) in [6, 6.07) is -0.0910. The molecular formula is C12H21NO4S. The minimum absolute atomic E-state index is 0.0311. The molecule has 1 aliphatic heterocycles. The Labute approximate surface area is 108 Å². The number of nitrogens with zero attached hydrogens (tertiary/aromatic N) is 1.